The van der Waals surface area contributed by atoms with Crippen molar-refractivity contribution in [3.63, 3.8) is 0 Å². The van der Waals surface area contributed by atoms with E-state index >= 15 is 0 Å². The maximum Gasteiger partial charge on any atom is 0.221 e. The van der Waals surface area contributed by atoms with E-state index < -0.39 is 0 Å². The molecule has 1 heterocycles. The number of halogens is 1. The van der Waals surface area contributed by atoms with Crippen molar-refractivity contribution in [2.24, 2.45) is 0 Å². The molecular weight excluding hydrogens is 226 g/mol. The highest BCUT2D eigenvalue weighted by Crippen LogP contribution is 2.45. The summed E-state index contributed by atoms with van der Waals surface area (Å²) < 4.78 is 0. The minimum absolute atomic E-state index is 0.0145. The summed E-state index contributed by atoms with van der Waals surface area (Å²) in [7, 11) is 0. The number of fused-ring (bicyclic) bond motifs is 2. The molecule has 0 saturated carbocycles. The molecule has 1 aromatic carbocycles. The Morgan fingerprint density at radius 1 is 1.25 bits per heavy atom. The van der Waals surface area contributed by atoms with Gasteiger partial charge in [0.25, 0.3) is 0 Å². The molecule has 1 N–H and O–H groups in total. The van der Waals surface area contributed by atoms with Gasteiger partial charge in [0.2, 0.25) is 5.91 Å². The molecule has 1 unspecified atom stereocenters. The number of amides is 1. The fraction of sp³-hybridized carbons (Fsp3) is 0.333. The van der Waals surface area contributed by atoms with Gasteiger partial charge in [-0.2, -0.15) is 0 Å². The molecule has 3 nitrogen and oxygen atoms in total. The van der Waals surface area contributed by atoms with E-state index in [1.54, 1.807) is 6.07 Å². The third-order valence-electron chi connectivity index (χ3n) is 3.49. The van der Waals surface area contributed by atoms with Crippen LogP contribution in [0.5, 0.6) is 0 Å². The minimum Gasteiger partial charge on any atom is -0.355 e. The molecule has 2 aliphatic rings. The normalized spacial score (nSPS) is 27.3. The van der Waals surface area contributed by atoms with Gasteiger partial charge in [-0.25, -0.2) is 0 Å². The van der Waals surface area contributed by atoms with E-state index in [0.29, 0.717) is 30.0 Å². The minimum atomic E-state index is -0.339. The number of Topliss-reactive ketones (excluding diaryl/α,β-unsaturated/α-hetero) is 1. The lowest BCUT2D eigenvalue weighted by Gasteiger charge is -2.20. The Morgan fingerprint density at radius 3 is 2.75 bits per heavy atom. The van der Waals surface area contributed by atoms with Gasteiger partial charge in [0.15, 0.2) is 5.78 Å². The lowest BCUT2D eigenvalue weighted by atomic mass is 9.81. The highest BCUT2D eigenvalue weighted by Gasteiger charge is 2.48. The smallest absolute Gasteiger partial charge is 0.221 e. The Morgan fingerprint density at radius 2 is 2.06 bits per heavy atom. The summed E-state index contributed by atoms with van der Waals surface area (Å²) in [6.07, 6.45) is 0.789. The lowest BCUT2D eigenvalue weighted by molar-refractivity contribution is -0.119. The zero-order valence-electron chi connectivity index (χ0n) is 8.55. The topological polar surface area (TPSA) is 46.2 Å². The molecule has 82 valence electrons. The monoisotopic (exact) mass is 235 g/mol. The molecule has 1 atom stereocenters. The molecule has 1 fully saturated rings. The van der Waals surface area contributed by atoms with Crippen LogP contribution in [0.25, 0.3) is 0 Å². The summed E-state index contributed by atoms with van der Waals surface area (Å²) in [4.78, 5) is 23.3. The average molecular weight is 236 g/mol. The molecule has 1 saturated heterocycles. The zero-order chi connectivity index (χ0) is 11.3. The van der Waals surface area contributed by atoms with E-state index in [1.807, 2.05) is 12.1 Å². The van der Waals surface area contributed by atoms with Crippen LogP contribution in [0.3, 0.4) is 0 Å². The van der Waals surface area contributed by atoms with Crippen LogP contribution in [0.15, 0.2) is 18.2 Å². The molecule has 1 aliphatic heterocycles. The highest BCUT2D eigenvalue weighted by molar-refractivity contribution is 6.34. The van der Waals surface area contributed by atoms with Gasteiger partial charge in [0.05, 0.1) is 5.02 Å². The van der Waals surface area contributed by atoms with Crippen molar-refractivity contribution >= 4 is 23.3 Å². The second kappa shape index (κ2) is 3.08. The summed E-state index contributed by atoms with van der Waals surface area (Å²) in [6.45, 7) is 0.547. The molecule has 0 bridgehead atoms. The zero-order valence-corrected chi connectivity index (χ0v) is 9.30. The van der Waals surface area contributed by atoms with Crippen LogP contribution in [-0.4, -0.2) is 18.2 Å². The van der Waals surface area contributed by atoms with Crippen molar-refractivity contribution in [1.82, 2.24) is 5.32 Å². The Labute approximate surface area is 97.8 Å². The lowest BCUT2D eigenvalue weighted by Crippen LogP contribution is -2.26. The Bertz CT molecular complexity index is 512. The van der Waals surface area contributed by atoms with Crippen LogP contribution in [-0.2, 0) is 10.2 Å². The maximum atomic E-state index is 11.9. The highest BCUT2D eigenvalue weighted by atomic mass is 35.5. The van der Waals surface area contributed by atoms with Gasteiger partial charge >= 0.3 is 0 Å². The SMILES string of the molecule is O=C1CC2(CN1)CC(=O)c1c(Cl)cccc12. The van der Waals surface area contributed by atoms with Gasteiger partial charge in [-0.3, -0.25) is 9.59 Å². The number of hydrogen-bond acceptors (Lipinski definition) is 2. The molecule has 4 heteroatoms. The van der Waals surface area contributed by atoms with Gasteiger partial charge in [-0.1, -0.05) is 23.7 Å². The van der Waals surface area contributed by atoms with E-state index in [4.69, 9.17) is 11.6 Å². The summed E-state index contributed by atoms with van der Waals surface area (Å²) in [5.41, 5.74) is 1.21. The summed E-state index contributed by atoms with van der Waals surface area (Å²) >= 11 is 6.04. The molecule has 3 rings (SSSR count). The molecule has 16 heavy (non-hydrogen) atoms. The Kier molecular flexibility index (Phi) is 1.89. The first-order chi connectivity index (χ1) is 7.62. The van der Waals surface area contributed by atoms with E-state index in [1.165, 1.54) is 0 Å². The van der Waals surface area contributed by atoms with Gasteiger partial charge in [-0.05, 0) is 11.6 Å². The molecule has 0 aromatic heterocycles. The quantitative estimate of drug-likeness (QED) is 0.744. The first kappa shape index (κ1) is 9.85. The van der Waals surface area contributed by atoms with E-state index in [2.05, 4.69) is 5.32 Å². The number of ketones is 1. The van der Waals surface area contributed by atoms with Gasteiger partial charge < -0.3 is 5.32 Å². The maximum absolute atomic E-state index is 11.9. The van der Waals surface area contributed by atoms with Gasteiger partial charge in [-0.15, -0.1) is 0 Å². The fourth-order valence-corrected chi connectivity index (χ4v) is 3.04. The number of nitrogens with one attached hydrogen (secondary N) is 1. The van der Waals surface area contributed by atoms with Crippen molar-refractivity contribution in [2.45, 2.75) is 18.3 Å². The number of rotatable bonds is 0. The van der Waals surface area contributed by atoms with Crippen molar-refractivity contribution in [3.05, 3.63) is 34.3 Å². The Balaban J connectivity index is 2.20. The molecule has 1 aliphatic carbocycles. The predicted octanol–water partition coefficient (Wildman–Crippen LogP) is 1.68. The molecule has 1 aromatic rings. The van der Waals surface area contributed by atoms with E-state index in [9.17, 15) is 9.59 Å². The van der Waals surface area contributed by atoms with Crippen molar-refractivity contribution < 1.29 is 9.59 Å². The third-order valence-corrected chi connectivity index (χ3v) is 3.80. The van der Waals surface area contributed by atoms with Gasteiger partial charge in [0.1, 0.15) is 0 Å². The van der Waals surface area contributed by atoms with E-state index in [-0.39, 0.29) is 17.1 Å². The number of carbonyl (C=O) groups excluding carboxylic acids is 2. The fourth-order valence-electron chi connectivity index (χ4n) is 2.76. The first-order valence-electron chi connectivity index (χ1n) is 5.21. The van der Waals surface area contributed by atoms with Crippen molar-refractivity contribution in [2.75, 3.05) is 6.54 Å². The van der Waals surface area contributed by atoms with Gasteiger partial charge in [0, 0.05) is 30.4 Å². The number of hydrogen-bond donors (Lipinski definition) is 1. The van der Waals surface area contributed by atoms with Crippen LogP contribution < -0.4 is 5.32 Å². The van der Waals surface area contributed by atoms with Crippen LogP contribution in [0.2, 0.25) is 5.02 Å². The van der Waals surface area contributed by atoms with Crippen molar-refractivity contribution in [3.8, 4) is 0 Å². The molecular formula is C12H10ClNO2. The average Bonchev–Trinajstić information content (AvgIpc) is 2.72. The summed E-state index contributed by atoms with van der Waals surface area (Å²) in [5.74, 6) is 0.0673. The Hall–Kier alpha value is -1.35. The van der Waals surface area contributed by atoms with Crippen molar-refractivity contribution in [1.29, 1.82) is 0 Å². The van der Waals surface area contributed by atoms with E-state index in [0.717, 1.165) is 5.56 Å². The first-order valence-corrected chi connectivity index (χ1v) is 5.59. The number of carbonyl (C=O) groups is 2. The predicted molar refractivity (Wildman–Crippen MR) is 59.7 cm³/mol. The molecule has 1 spiro atoms. The summed E-state index contributed by atoms with van der Waals surface area (Å²) in [6, 6.07) is 5.47. The summed E-state index contributed by atoms with van der Waals surface area (Å²) in [5, 5.41) is 3.30. The van der Waals surface area contributed by atoms with Crippen LogP contribution in [0, 0.1) is 0 Å². The molecule has 1 amide bonds. The standard InChI is InChI=1S/C12H10ClNO2/c13-8-3-1-2-7-11(8)9(15)4-12(7)5-10(16)14-6-12/h1-3H,4-6H2,(H,14,16). The van der Waals surface area contributed by atoms with Crippen LogP contribution in [0.1, 0.15) is 28.8 Å². The second-order valence-corrected chi connectivity index (χ2v) is 4.90. The molecule has 0 radical (unpaired) electrons. The third kappa shape index (κ3) is 1.15. The number of benzene rings is 1. The largest absolute Gasteiger partial charge is 0.355 e. The van der Waals surface area contributed by atoms with Crippen LogP contribution >= 0.6 is 11.6 Å². The second-order valence-electron chi connectivity index (χ2n) is 4.50. The van der Waals surface area contributed by atoms with Crippen LogP contribution in [0.4, 0.5) is 0 Å².